The van der Waals surface area contributed by atoms with Crippen LogP contribution in [-0.4, -0.2) is 16.8 Å². The van der Waals surface area contributed by atoms with E-state index in [9.17, 15) is 5.11 Å². The van der Waals surface area contributed by atoms with E-state index in [4.69, 9.17) is 16.7 Å². The Labute approximate surface area is 89.1 Å². The molecule has 0 aliphatic carbocycles. The second-order valence-electron chi connectivity index (χ2n) is 4.07. The van der Waals surface area contributed by atoms with Crippen molar-refractivity contribution in [3.63, 3.8) is 0 Å². The molecule has 0 heterocycles. The Bertz CT molecular complexity index is 310. The van der Waals surface area contributed by atoms with Crippen LogP contribution in [0.4, 0.5) is 0 Å². The standard InChI is InChI=1S/C11H15ClO2/c1-11(2,7-13)10(14)8-5-3-4-6-9(8)12/h3-6,10,13-14H,7H2,1-2H3/t10-/m1/s1. The van der Waals surface area contributed by atoms with E-state index in [0.717, 1.165) is 0 Å². The Morgan fingerprint density at radius 3 is 2.43 bits per heavy atom. The minimum absolute atomic E-state index is 0.0839. The summed E-state index contributed by atoms with van der Waals surface area (Å²) in [5.74, 6) is 0. The van der Waals surface area contributed by atoms with E-state index in [1.54, 1.807) is 26.0 Å². The molecule has 0 saturated heterocycles. The van der Waals surface area contributed by atoms with E-state index in [0.29, 0.717) is 10.6 Å². The van der Waals surface area contributed by atoms with E-state index in [1.807, 2.05) is 12.1 Å². The summed E-state index contributed by atoms with van der Waals surface area (Å²) < 4.78 is 0. The van der Waals surface area contributed by atoms with E-state index in [-0.39, 0.29) is 6.61 Å². The van der Waals surface area contributed by atoms with Crippen LogP contribution in [0.2, 0.25) is 5.02 Å². The van der Waals surface area contributed by atoms with Gasteiger partial charge in [-0.05, 0) is 11.6 Å². The number of aliphatic hydroxyl groups excluding tert-OH is 2. The zero-order valence-corrected chi connectivity index (χ0v) is 9.12. The molecule has 14 heavy (non-hydrogen) atoms. The predicted molar refractivity (Wildman–Crippen MR) is 57.3 cm³/mol. The lowest BCUT2D eigenvalue weighted by Crippen LogP contribution is -2.26. The van der Waals surface area contributed by atoms with Crippen molar-refractivity contribution < 1.29 is 10.2 Å². The number of benzene rings is 1. The van der Waals surface area contributed by atoms with Crippen LogP contribution >= 0.6 is 11.6 Å². The van der Waals surface area contributed by atoms with Gasteiger partial charge in [0.2, 0.25) is 0 Å². The Hall–Kier alpha value is -0.570. The van der Waals surface area contributed by atoms with Gasteiger partial charge in [0.1, 0.15) is 0 Å². The topological polar surface area (TPSA) is 40.5 Å². The SMILES string of the molecule is CC(C)(CO)[C@H](O)c1ccccc1Cl. The molecule has 0 bridgehead atoms. The van der Waals surface area contributed by atoms with Gasteiger partial charge in [-0.25, -0.2) is 0 Å². The molecule has 0 fully saturated rings. The van der Waals surface area contributed by atoms with Crippen molar-refractivity contribution in [2.24, 2.45) is 5.41 Å². The maximum atomic E-state index is 9.98. The van der Waals surface area contributed by atoms with Gasteiger partial charge in [-0.15, -0.1) is 0 Å². The second-order valence-corrected chi connectivity index (χ2v) is 4.48. The molecule has 0 radical (unpaired) electrons. The van der Waals surface area contributed by atoms with E-state index in [1.165, 1.54) is 0 Å². The fourth-order valence-corrected chi connectivity index (χ4v) is 1.44. The highest BCUT2D eigenvalue weighted by atomic mass is 35.5. The molecule has 78 valence electrons. The Morgan fingerprint density at radius 2 is 1.93 bits per heavy atom. The summed E-state index contributed by atoms with van der Waals surface area (Å²) in [6, 6.07) is 7.13. The summed E-state index contributed by atoms with van der Waals surface area (Å²) >= 11 is 5.94. The third-order valence-electron chi connectivity index (χ3n) is 2.35. The zero-order chi connectivity index (χ0) is 10.8. The largest absolute Gasteiger partial charge is 0.396 e. The van der Waals surface area contributed by atoms with Gasteiger partial charge in [-0.1, -0.05) is 43.6 Å². The van der Waals surface area contributed by atoms with Crippen LogP contribution in [0.3, 0.4) is 0 Å². The normalized spacial score (nSPS) is 14.1. The quantitative estimate of drug-likeness (QED) is 0.811. The van der Waals surface area contributed by atoms with Crippen LogP contribution in [0.5, 0.6) is 0 Å². The van der Waals surface area contributed by atoms with Gasteiger partial charge in [0.25, 0.3) is 0 Å². The lowest BCUT2D eigenvalue weighted by molar-refractivity contribution is 0.00645. The smallest absolute Gasteiger partial charge is 0.0877 e. The van der Waals surface area contributed by atoms with Crippen LogP contribution < -0.4 is 0 Å². The van der Waals surface area contributed by atoms with Crippen molar-refractivity contribution >= 4 is 11.6 Å². The molecule has 2 N–H and O–H groups in total. The molecule has 1 rings (SSSR count). The average Bonchev–Trinajstić information content (AvgIpc) is 2.17. The van der Waals surface area contributed by atoms with Gasteiger partial charge >= 0.3 is 0 Å². The molecule has 0 saturated carbocycles. The first kappa shape index (κ1) is 11.5. The molecule has 1 aromatic carbocycles. The van der Waals surface area contributed by atoms with E-state index in [2.05, 4.69) is 0 Å². The fourth-order valence-electron chi connectivity index (χ4n) is 1.20. The van der Waals surface area contributed by atoms with Gasteiger partial charge in [-0.3, -0.25) is 0 Å². The number of aliphatic hydroxyl groups is 2. The highest BCUT2D eigenvalue weighted by Crippen LogP contribution is 2.35. The zero-order valence-electron chi connectivity index (χ0n) is 8.37. The Kier molecular flexibility index (Phi) is 3.53. The molecule has 0 aromatic heterocycles. The summed E-state index contributed by atoms with van der Waals surface area (Å²) in [5.41, 5.74) is 0.0820. The number of hydrogen-bond donors (Lipinski definition) is 2. The summed E-state index contributed by atoms with van der Waals surface area (Å²) in [5, 5.41) is 19.6. The van der Waals surface area contributed by atoms with Gasteiger partial charge < -0.3 is 10.2 Å². The summed E-state index contributed by atoms with van der Waals surface area (Å²) in [6.07, 6.45) is -0.749. The van der Waals surface area contributed by atoms with Gasteiger partial charge in [-0.2, -0.15) is 0 Å². The van der Waals surface area contributed by atoms with Crippen LogP contribution in [0.25, 0.3) is 0 Å². The first-order valence-corrected chi connectivity index (χ1v) is 4.90. The number of rotatable bonds is 3. The summed E-state index contributed by atoms with van der Waals surface area (Å²) in [7, 11) is 0. The maximum Gasteiger partial charge on any atom is 0.0877 e. The molecule has 0 aliphatic heterocycles. The first-order valence-electron chi connectivity index (χ1n) is 4.52. The molecule has 0 spiro atoms. The van der Waals surface area contributed by atoms with Crippen LogP contribution in [0.15, 0.2) is 24.3 Å². The first-order chi connectivity index (χ1) is 6.49. The lowest BCUT2D eigenvalue weighted by Gasteiger charge is -2.29. The fraction of sp³-hybridized carbons (Fsp3) is 0.455. The monoisotopic (exact) mass is 214 g/mol. The van der Waals surface area contributed by atoms with Crippen LogP contribution in [0, 0.1) is 5.41 Å². The highest BCUT2D eigenvalue weighted by Gasteiger charge is 2.29. The third kappa shape index (κ3) is 2.27. The van der Waals surface area contributed by atoms with Crippen molar-refractivity contribution in [2.45, 2.75) is 20.0 Å². The van der Waals surface area contributed by atoms with E-state index < -0.39 is 11.5 Å². The van der Waals surface area contributed by atoms with Gasteiger partial charge in [0.15, 0.2) is 0 Å². The van der Waals surface area contributed by atoms with Crippen molar-refractivity contribution in [1.82, 2.24) is 0 Å². The molecular weight excluding hydrogens is 200 g/mol. The molecule has 1 atom stereocenters. The second kappa shape index (κ2) is 4.30. The number of halogens is 1. The van der Waals surface area contributed by atoms with Crippen molar-refractivity contribution in [2.75, 3.05) is 6.61 Å². The molecule has 2 nitrogen and oxygen atoms in total. The van der Waals surface area contributed by atoms with Crippen molar-refractivity contribution in [1.29, 1.82) is 0 Å². The predicted octanol–water partition coefficient (Wildman–Crippen LogP) is 2.39. The highest BCUT2D eigenvalue weighted by molar-refractivity contribution is 6.31. The minimum Gasteiger partial charge on any atom is -0.396 e. The minimum atomic E-state index is -0.749. The lowest BCUT2D eigenvalue weighted by atomic mass is 9.83. The third-order valence-corrected chi connectivity index (χ3v) is 2.69. The average molecular weight is 215 g/mol. The van der Waals surface area contributed by atoms with Gasteiger partial charge in [0.05, 0.1) is 12.7 Å². The Morgan fingerprint density at radius 1 is 1.36 bits per heavy atom. The Balaban J connectivity index is 3.00. The molecule has 3 heteroatoms. The van der Waals surface area contributed by atoms with Crippen molar-refractivity contribution in [3.8, 4) is 0 Å². The van der Waals surface area contributed by atoms with Gasteiger partial charge in [0, 0.05) is 10.4 Å². The molecule has 0 unspecified atom stereocenters. The van der Waals surface area contributed by atoms with E-state index >= 15 is 0 Å². The van der Waals surface area contributed by atoms with Crippen LogP contribution in [0.1, 0.15) is 25.5 Å². The summed E-state index contributed by atoms with van der Waals surface area (Å²) in [4.78, 5) is 0. The molecule has 1 aromatic rings. The summed E-state index contributed by atoms with van der Waals surface area (Å²) in [6.45, 7) is 3.50. The van der Waals surface area contributed by atoms with Crippen LogP contribution in [-0.2, 0) is 0 Å². The molecular formula is C11H15ClO2. The number of hydrogen-bond acceptors (Lipinski definition) is 2. The molecule has 0 aliphatic rings. The molecule has 0 amide bonds. The van der Waals surface area contributed by atoms with Crippen molar-refractivity contribution in [3.05, 3.63) is 34.9 Å². The maximum absolute atomic E-state index is 9.98.